The summed E-state index contributed by atoms with van der Waals surface area (Å²) in [6.45, 7) is 4.32. The number of benzene rings is 1. The van der Waals surface area contributed by atoms with Crippen LogP contribution in [-0.2, 0) is 0 Å². The van der Waals surface area contributed by atoms with Gasteiger partial charge in [0.1, 0.15) is 0 Å². The molecule has 1 aromatic rings. The summed E-state index contributed by atoms with van der Waals surface area (Å²) in [7, 11) is 0. The Morgan fingerprint density at radius 2 is 2.07 bits per heavy atom. The van der Waals surface area contributed by atoms with E-state index in [4.69, 9.17) is 11.6 Å². The van der Waals surface area contributed by atoms with Gasteiger partial charge < -0.3 is 5.32 Å². The lowest BCUT2D eigenvalue weighted by Gasteiger charge is -2.34. The van der Waals surface area contributed by atoms with Crippen LogP contribution in [0.2, 0.25) is 5.02 Å². The Morgan fingerprint density at radius 3 is 2.64 bits per heavy atom. The Bertz CT molecular complexity index is 329. The van der Waals surface area contributed by atoms with Gasteiger partial charge in [0.15, 0.2) is 0 Å². The normalized spacial score (nSPS) is 25.6. The van der Waals surface area contributed by atoms with Gasteiger partial charge in [0.05, 0.1) is 0 Å². The fourth-order valence-electron chi connectivity index (χ4n) is 1.94. The Labute approximate surface area is 90.5 Å². The molecule has 0 radical (unpaired) electrons. The van der Waals surface area contributed by atoms with Crippen LogP contribution >= 0.6 is 11.6 Å². The second-order valence-corrected chi connectivity index (χ2v) is 4.79. The third kappa shape index (κ3) is 2.03. The monoisotopic (exact) mass is 209 g/mol. The first kappa shape index (κ1) is 9.85. The van der Waals surface area contributed by atoms with Crippen LogP contribution in [0.3, 0.4) is 0 Å². The van der Waals surface area contributed by atoms with Crippen molar-refractivity contribution in [3.8, 4) is 0 Å². The van der Waals surface area contributed by atoms with Crippen molar-refractivity contribution in [3.63, 3.8) is 0 Å². The quantitative estimate of drug-likeness (QED) is 0.780. The summed E-state index contributed by atoms with van der Waals surface area (Å²) >= 11 is 6.05. The van der Waals surface area contributed by atoms with E-state index in [1.54, 1.807) is 0 Å². The molecule has 2 rings (SSSR count). The van der Waals surface area contributed by atoms with Gasteiger partial charge in [-0.15, -0.1) is 0 Å². The standard InChI is InChI=1S/C12H16ClN/c1-8-5-11(6-8)14-10-4-3-9(2)12(13)7-10/h3-4,7-8,11,14H,5-6H2,1-2H3. The number of hydrogen-bond donors (Lipinski definition) is 1. The van der Waals surface area contributed by atoms with Crippen molar-refractivity contribution in [1.29, 1.82) is 0 Å². The van der Waals surface area contributed by atoms with Crippen LogP contribution in [0.15, 0.2) is 18.2 Å². The molecule has 1 saturated carbocycles. The minimum atomic E-state index is 0.656. The van der Waals surface area contributed by atoms with E-state index < -0.39 is 0 Å². The molecule has 0 atom stereocenters. The minimum absolute atomic E-state index is 0.656. The summed E-state index contributed by atoms with van der Waals surface area (Å²) in [5.41, 5.74) is 2.29. The Balaban J connectivity index is 2.00. The lowest BCUT2D eigenvalue weighted by atomic mass is 9.82. The van der Waals surface area contributed by atoms with E-state index in [0.29, 0.717) is 6.04 Å². The summed E-state index contributed by atoms with van der Waals surface area (Å²) in [6.07, 6.45) is 2.57. The van der Waals surface area contributed by atoms with Gasteiger partial charge >= 0.3 is 0 Å². The summed E-state index contributed by atoms with van der Waals surface area (Å²) in [5.74, 6) is 0.883. The highest BCUT2D eigenvalue weighted by Gasteiger charge is 2.24. The molecule has 1 N–H and O–H groups in total. The zero-order valence-electron chi connectivity index (χ0n) is 8.68. The van der Waals surface area contributed by atoms with E-state index >= 15 is 0 Å². The molecule has 1 nitrogen and oxygen atoms in total. The van der Waals surface area contributed by atoms with Crippen molar-refractivity contribution < 1.29 is 0 Å². The summed E-state index contributed by atoms with van der Waals surface area (Å²) in [4.78, 5) is 0. The van der Waals surface area contributed by atoms with Gasteiger partial charge in [-0.1, -0.05) is 24.6 Å². The maximum absolute atomic E-state index is 6.05. The van der Waals surface area contributed by atoms with Gasteiger partial charge in [-0.05, 0) is 43.4 Å². The molecule has 0 amide bonds. The third-order valence-electron chi connectivity index (χ3n) is 2.92. The van der Waals surface area contributed by atoms with Crippen LogP contribution < -0.4 is 5.32 Å². The first-order valence-corrected chi connectivity index (χ1v) is 5.55. The molecule has 1 aliphatic rings. The van der Waals surface area contributed by atoms with Crippen molar-refractivity contribution >= 4 is 17.3 Å². The molecule has 1 fully saturated rings. The van der Waals surface area contributed by atoms with Gasteiger partial charge in [0, 0.05) is 16.8 Å². The second kappa shape index (κ2) is 3.82. The summed E-state index contributed by atoms with van der Waals surface area (Å²) < 4.78 is 0. The van der Waals surface area contributed by atoms with Crippen LogP contribution in [0.4, 0.5) is 5.69 Å². The van der Waals surface area contributed by atoms with E-state index in [1.165, 1.54) is 12.8 Å². The lowest BCUT2D eigenvalue weighted by molar-refractivity contribution is 0.309. The maximum atomic E-state index is 6.05. The third-order valence-corrected chi connectivity index (χ3v) is 3.32. The smallest absolute Gasteiger partial charge is 0.0455 e. The van der Waals surface area contributed by atoms with Crippen molar-refractivity contribution in [2.24, 2.45) is 5.92 Å². The van der Waals surface area contributed by atoms with Gasteiger partial charge in [0.2, 0.25) is 0 Å². The zero-order valence-corrected chi connectivity index (χ0v) is 9.43. The molecule has 0 heterocycles. The lowest BCUT2D eigenvalue weighted by Crippen LogP contribution is -2.33. The molecule has 2 heteroatoms. The molecule has 76 valence electrons. The number of nitrogens with one attached hydrogen (secondary N) is 1. The second-order valence-electron chi connectivity index (χ2n) is 4.38. The average Bonchev–Trinajstić information content (AvgIpc) is 2.09. The molecule has 0 aromatic heterocycles. The Hall–Kier alpha value is -0.690. The SMILES string of the molecule is Cc1ccc(NC2CC(C)C2)cc1Cl. The number of anilines is 1. The topological polar surface area (TPSA) is 12.0 Å². The average molecular weight is 210 g/mol. The number of hydrogen-bond acceptors (Lipinski definition) is 1. The number of halogens is 1. The molecule has 0 unspecified atom stereocenters. The van der Waals surface area contributed by atoms with Crippen molar-refractivity contribution in [3.05, 3.63) is 28.8 Å². The molecular weight excluding hydrogens is 194 g/mol. The van der Waals surface area contributed by atoms with Crippen LogP contribution in [0, 0.1) is 12.8 Å². The molecular formula is C12H16ClN. The van der Waals surface area contributed by atoms with Crippen LogP contribution in [0.1, 0.15) is 25.3 Å². The zero-order chi connectivity index (χ0) is 10.1. The summed E-state index contributed by atoms with van der Waals surface area (Å²) in [5, 5.41) is 4.34. The van der Waals surface area contributed by atoms with Crippen molar-refractivity contribution in [1.82, 2.24) is 0 Å². The molecule has 1 aromatic carbocycles. The van der Waals surface area contributed by atoms with Gasteiger partial charge in [-0.3, -0.25) is 0 Å². The highest BCUT2D eigenvalue weighted by atomic mass is 35.5. The number of rotatable bonds is 2. The highest BCUT2D eigenvalue weighted by Crippen LogP contribution is 2.30. The van der Waals surface area contributed by atoms with Crippen LogP contribution in [0.25, 0.3) is 0 Å². The molecule has 0 bridgehead atoms. The maximum Gasteiger partial charge on any atom is 0.0455 e. The Morgan fingerprint density at radius 1 is 1.36 bits per heavy atom. The van der Waals surface area contributed by atoms with E-state index in [1.807, 2.05) is 13.0 Å². The van der Waals surface area contributed by atoms with E-state index in [9.17, 15) is 0 Å². The molecule has 0 saturated heterocycles. The van der Waals surface area contributed by atoms with Crippen LogP contribution in [0.5, 0.6) is 0 Å². The number of aryl methyl sites for hydroxylation is 1. The predicted octanol–water partition coefficient (Wildman–Crippen LogP) is 3.86. The molecule has 14 heavy (non-hydrogen) atoms. The minimum Gasteiger partial charge on any atom is -0.382 e. The predicted molar refractivity (Wildman–Crippen MR) is 62.0 cm³/mol. The van der Waals surface area contributed by atoms with Crippen LogP contribution in [-0.4, -0.2) is 6.04 Å². The van der Waals surface area contributed by atoms with E-state index in [0.717, 1.165) is 22.2 Å². The first-order chi connectivity index (χ1) is 6.65. The van der Waals surface area contributed by atoms with E-state index in [-0.39, 0.29) is 0 Å². The van der Waals surface area contributed by atoms with Gasteiger partial charge in [0.25, 0.3) is 0 Å². The summed E-state index contributed by atoms with van der Waals surface area (Å²) in [6, 6.07) is 6.83. The highest BCUT2D eigenvalue weighted by molar-refractivity contribution is 6.31. The largest absolute Gasteiger partial charge is 0.382 e. The van der Waals surface area contributed by atoms with Gasteiger partial charge in [-0.2, -0.15) is 0 Å². The van der Waals surface area contributed by atoms with E-state index in [2.05, 4.69) is 24.4 Å². The Kier molecular flexibility index (Phi) is 2.69. The molecule has 1 aliphatic carbocycles. The van der Waals surface area contributed by atoms with Gasteiger partial charge in [-0.25, -0.2) is 0 Å². The molecule has 0 aliphatic heterocycles. The first-order valence-electron chi connectivity index (χ1n) is 5.18. The van der Waals surface area contributed by atoms with Crippen molar-refractivity contribution in [2.75, 3.05) is 5.32 Å². The fourth-order valence-corrected chi connectivity index (χ4v) is 2.12. The van der Waals surface area contributed by atoms with Crippen molar-refractivity contribution in [2.45, 2.75) is 32.7 Å². The molecule has 0 spiro atoms. The fraction of sp³-hybridized carbons (Fsp3) is 0.500.